The first kappa shape index (κ1) is 21.3. The average Bonchev–Trinajstić information content (AvgIpc) is 2.72. The van der Waals surface area contributed by atoms with Gasteiger partial charge in [0.25, 0.3) is 0 Å². The van der Waals surface area contributed by atoms with E-state index < -0.39 is 18.3 Å². The molecule has 3 rings (SSSR count). The predicted molar refractivity (Wildman–Crippen MR) is 114 cm³/mol. The van der Waals surface area contributed by atoms with Crippen LogP contribution in [0.3, 0.4) is 0 Å². The molecule has 3 atom stereocenters. The minimum Gasteiger partial charge on any atom is -0.488 e. The molecule has 1 fully saturated rings. The lowest BCUT2D eigenvalue weighted by atomic mass is 9.92. The van der Waals surface area contributed by atoms with Gasteiger partial charge < -0.3 is 20.3 Å². The SMILES string of the molecule is CCc1cccc(-c2cc(OC3CCCC(O)C3O)ccc2CCNC(C)=O)c1. The van der Waals surface area contributed by atoms with Gasteiger partial charge in [0.15, 0.2) is 0 Å². The third-order valence-electron chi connectivity index (χ3n) is 5.55. The standard InChI is InChI=1S/C24H31NO4/c1-3-17-6-4-7-19(14-17)21-15-20(11-10-18(21)12-13-25-16(2)26)29-23-9-5-8-22(27)24(23)28/h4,6-7,10-11,14-15,22-24,27-28H,3,5,8-9,12-13H2,1-2H3,(H,25,26). The Morgan fingerprint density at radius 1 is 1.17 bits per heavy atom. The second kappa shape index (κ2) is 9.90. The van der Waals surface area contributed by atoms with Gasteiger partial charge in [0, 0.05) is 13.5 Å². The quantitative estimate of drug-likeness (QED) is 0.670. The van der Waals surface area contributed by atoms with E-state index in [4.69, 9.17) is 4.74 Å². The molecule has 5 nitrogen and oxygen atoms in total. The van der Waals surface area contributed by atoms with E-state index in [1.807, 2.05) is 18.2 Å². The number of hydrogen-bond donors (Lipinski definition) is 3. The lowest BCUT2D eigenvalue weighted by molar-refractivity contribution is -0.118. The summed E-state index contributed by atoms with van der Waals surface area (Å²) in [6.07, 6.45) is 1.85. The summed E-state index contributed by atoms with van der Waals surface area (Å²) in [7, 11) is 0. The Hall–Kier alpha value is -2.37. The van der Waals surface area contributed by atoms with Crippen LogP contribution < -0.4 is 10.1 Å². The van der Waals surface area contributed by atoms with E-state index in [1.165, 1.54) is 12.5 Å². The summed E-state index contributed by atoms with van der Waals surface area (Å²) in [5, 5.41) is 23.1. The molecule has 0 heterocycles. The van der Waals surface area contributed by atoms with Crippen molar-refractivity contribution in [1.29, 1.82) is 0 Å². The minimum absolute atomic E-state index is 0.0377. The van der Waals surface area contributed by atoms with Crippen LogP contribution in [-0.2, 0) is 17.6 Å². The molecule has 0 aliphatic heterocycles. The van der Waals surface area contributed by atoms with E-state index in [-0.39, 0.29) is 5.91 Å². The molecule has 5 heteroatoms. The number of carbonyl (C=O) groups excluding carboxylic acids is 1. The van der Waals surface area contributed by atoms with Crippen molar-refractivity contribution in [2.75, 3.05) is 6.54 Å². The van der Waals surface area contributed by atoms with Gasteiger partial charge in [0.05, 0.1) is 6.10 Å². The highest BCUT2D eigenvalue weighted by Crippen LogP contribution is 2.31. The van der Waals surface area contributed by atoms with E-state index in [9.17, 15) is 15.0 Å². The van der Waals surface area contributed by atoms with Crippen LogP contribution in [0.2, 0.25) is 0 Å². The fourth-order valence-electron chi connectivity index (χ4n) is 3.87. The van der Waals surface area contributed by atoms with Crippen molar-refractivity contribution in [3.63, 3.8) is 0 Å². The fourth-order valence-corrected chi connectivity index (χ4v) is 3.87. The maximum absolute atomic E-state index is 11.2. The molecular formula is C24H31NO4. The van der Waals surface area contributed by atoms with E-state index in [0.29, 0.717) is 18.7 Å². The van der Waals surface area contributed by atoms with Gasteiger partial charge in [-0.25, -0.2) is 0 Å². The van der Waals surface area contributed by atoms with Crippen LogP contribution in [-0.4, -0.2) is 41.0 Å². The van der Waals surface area contributed by atoms with Crippen molar-refractivity contribution in [1.82, 2.24) is 5.32 Å². The van der Waals surface area contributed by atoms with Crippen molar-refractivity contribution in [3.05, 3.63) is 53.6 Å². The monoisotopic (exact) mass is 397 g/mol. The van der Waals surface area contributed by atoms with Crippen molar-refractivity contribution in [3.8, 4) is 16.9 Å². The first-order valence-corrected chi connectivity index (χ1v) is 10.5. The Balaban J connectivity index is 1.88. The van der Waals surface area contributed by atoms with Crippen LogP contribution >= 0.6 is 0 Å². The number of carbonyl (C=O) groups is 1. The first-order valence-electron chi connectivity index (χ1n) is 10.5. The molecule has 1 aliphatic carbocycles. The zero-order chi connectivity index (χ0) is 20.8. The molecule has 156 valence electrons. The van der Waals surface area contributed by atoms with Crippen molar-refractivity contribution in [2.24, 2.45) is 0 Å². The Kier molecular flexibility index (Phi) is 7.29. The van der Waals surface area contributed by atoms with E-state index >= 15 is 0 Å². The molecule has 1 saturated carbocycles. The number of rotatable bonds is 7. The summed E-state index contributed by atoms with van der Waals surface area (Å²) in [6, 6.07) is 14.4. The highest BCUT2D eigenvalue weighted by atomic mass is 16.5. The van der Waals surface area contributed by atoms with Crippen molar-refractivity contribution >= 4 is 5.91 Å². The summed E-state index contributed by atoms with van der Waals surface area (Å²) >= 11 is 0. The van der Waals surface area contributed by atoms with Crippen molar-refractivity contribution < 1.29 is 19.7 Å². The average molecular weight is 398 g/mol. The highest BCUT2D eigenvalue weighted by molar-refractivity contribution is 5.73. The number of benzene rings is 2. The third kappa shape index (κ3) is 5.58. The number of nitrogens with one attached hydrogen (secondary N) is 1. The lowest BCUT2D eigenvalue weighted by Crippen LogP contribution is -2.44. The molecule has 0 saturated heterocycles. The zero-order valence-corrected chi connectivity index (χ0v) is 17.2. The molecule has 3 unspecified atom stereocenters. The van der Waals surface area contributed by atoms with Gasteiger partial charge in [0.2, 0.25) is 5.91 Å². The van der Waals surface area contributed by atoms with Crippen LogP contribution in [0.25, 0.3) is 11.1 Å². The van der Waals surface area contributed by atoms with Crippen molar-refractivity contribution in [2.45, 2.75) is 64.3 Å². The third-order valence-corrected chi connectivity index (χ3v) is 5.55. The molecule has 0 aromatic heterocycles. The van der Waals surface area contributed by atoms with Gasteiger partial charge in [-0.15, -0.1) is 0 Å². The van der Waals surface area contributed by atoms with Gasteiger partial charge >= 0.3 is 0 Å². The summed E-state index contributed by atoms with van der Waals surface area (Å²) in [5.41, 5.74) is 4.56. The summed E-state index contributed by atoms with van der Waals surface area (Å²) in [6.45, 7) is 4.22. The number of aliphatic hydroxyl groups is 2. The molecule has 2 aromatic rings. The molecule has 3 N–H and O–H groups in total. The Morgan fingerprint density at radius 2 is 2.00 bits per heavy atom. The molecule has 1 amide bonds. The maximum Gasteiger partial charge on any atom is 0.216 e. The summed E-state index contributed by atoms with van der Waals surface area (Å²) < 4.78 is 6.07. The van der Waals surface area contributed by atoms with E-state index in [1.54, 1.807) is 0 Å². The topological polar surface area (TPSA) is 78.8 Å². The number of amides is 1. The maximum atomic E-state index is 11.2. The van der Waals surface area contributed by atoms with E-state index in [0.717, 1.165) is 42.4 Å². The molecule has 2 aromatic carbocycles. The van der Waals surface area contributed by atoms with Crippen LogP contribution in [0.15, 0.2) is 42.5 Å². The second-order valence-corrected chi connectivity index (χ2v) is 7.75. The van der Waals surface area contributed by atoms with E-state index in [2.05, 4.69) is 36.5 Å². The number of hydrogen-bond acceptors (Lipinski definition) is 4. The van der Waals surface area contributed by atoms with Gasteiger partial charge in [-0.05, 0) is 66.5 Å². The number of aryl methyl sites for hydroxylation is 1. The van der Waals surface area contributed by atoms with Gasteiger partial charge in [-0.3, -0.25) is 4.79 Å². The summed E-state index contributed by atoms with van der Waals surface area (Å²) in [4.78, 5) is 11.2. The normalized spacial score (nSPS) is 21.6. The van der Waals surface area contributed by atoms with Gasteiger partial charge in [-0.1, -0.05) is 37.3 Å². The lowest BCUT2D eigenvalue weighted by Gasteiger charge is -2.32. The van der Waals surface area contributed by atoms with Crippen LogP contribution in [0.5, 0.6) is 5.75 Å². The Morgan fingerprint density at radius 3 is 2.76 bits per heavy atom. The highest BCUT2D eigenvalue weighted by Gasteiger charge is 2.32. The Labute approximate surface area is 172 Å². The Bertz CT molecular complexity index is 835. The van der Waals surface area contributed by atoms with Gasteiger partial charge in [-0.2, -0.15) is 0 Å². The minimum atomic E-state index is -0.866. The molecular weight excluding hydrogens is 366 g/mol. The zero-order valence-electron chi connectivity index (χ0n) is 17.2. The van der Waals surface area contributed by atoms with Gasteiger partial charge in [0.1, 0.15) is 18.0 Å². The number of ether oxygens (including phenoxy) is 1. The van der Waals surface area contributed by atoms with Crippen LogP contribution in [0.1, 0.15) is 44.2 Å². The predicted octanol–water partition coefficient (Wildman–Crippen LogP) is 3.25. The first-order chi connectivity index (χ1) is 14.0. The van der Waals surface area contributed by atoms with Crippen LogP contribution in [0, 0.1) is 0 Å². The molecule has 29 heavy (non-hydrogen) atoms. The molecule has 0 radical (unpaired) electrons. The molecule has 0 spiro atoms. The smallest absolute Gasteiger partial charge is 0.216 e. The van der Waals surface area contributed by atoms with Crippen LogP contribution in [0.4, 0.5) is 0 Å². The summed E-state index contributed by atoms with van der Waals surface area (Å²) in [5.74, 6) is 0.646. The second-order valence-electron chi connectivity index (χ2n) is 7.75. The molecule has 1 aliphatic rings. The largest absolute Gasteiger partial charge is 0.488 e. The fraction of sp³-hybridized carbons (Fsp3) is 0.458. The molecule has 0 bridgehead atoms. The number of aliphatic hydroxyl groups excluding tert-OH is 2.